The number of aryl methyl sites for hydroxylation is 1. The zero-order chi connectivity index (χ0) is 15.4. The van der Waals surface area contributed by atoms with Crippen LogP contribution in [0.2, 0.25) is 0 Å². The summed E-state index contributed by atoms with van der Waals surface area (Å²) in [7, 11) is 0. The van der Waals surface area contributed by atoms with E-state index in [9.17, 15) is 4.79 Å². The molecule has 112 valence electrons. The molecule has 22 heavy (non-hydrogen) atoms. The molecule has 0 bridgehead atoms. The van der Waals surface area contributed by atoms with Crippen LogP contribution in [0.15, 0.2) is 47.1 Å². The summed E-state index contributed by atoms with van der Waals surface area (Å²) >= 11 is 1.26. The Morgan fingerprint density at radius 3 is 3.00 bits per heavy atom. The van der Waals surface area contributed by atoms with Gasteiger partial charge in [-0.2, -0.15) is 0 Å². The van der Waals surface area contributed by atoms with Crippen molar-refractivity contribution in [2.75, 3.05) is 5.32 Å². The van der Waals surface area contributed by atoms with Crippen molar-refractivity contribution in [3.63, 3.8) is 0 Å². The maximum Gasteiger partial charge on any atom is 0.293 e. The van der Waals surface area contributed by atoms with Gasteiger partial charge in [0.15, 0.2) is 10.8 Å². The van der Waals surface area contributed by atoms with Gasteiger partial charge in [-0.15, -0.1) is 10.2 Å². The van der Waals surface area contributed by atoms with Crippen LogP contribution >= 0.6 is 11.3 Å². The Morgan fingerprint density at radius 2 is 2.23 bits per heavy atom. The number of rotatable bonds is 5. The van der Waals surface area contributed by atoms with Crippen molar-refractivity contribution < 1.29 is 13.9 Å². The maximum absolute atomic E-state index is 11.8. The lowest BCUT2D eigenvalue weighted by Crippen LogP contribution is -2.10. The van der Waals surface area contributed by atoms with E-state index >= 15 is 0 Å². The Hall–Kier alpha value is -2.67. The lowest BCUT2D eigenvalue weighted by atomic mass is 10.2. The predicted molar refractivity (Wildman–Crippen MR) is 82.1 cm³/mol. The molecule has 0 fully saturated rings. The summed E-state index contributed by atoms with van der Waals surface area (Å²) < 4.78 is 10.7. The first kappa shape index (κ1) is 14.3. The van der Waals surface area contributed by atoms with Crippen LogP contribution in [0.4, 0.5) is 5.13 Å². The Bertz CT molecular complexity index is 768. The molecule has 3 aromatic rings. The summed E-state index contributed by atoms with van der Waals surface area (Å²) in [6, 6.07) is 11.0. The zero-order valence-electron chi connectivity index (χ0n) is 11.8. The highest BCUT2D eigenvalue weighted by atomic mass is 32.1. The van der Waals surface area contributed by atoms with Crippen LogP contribution in [0.5, 0.6) is 5.75 Å². The molecule has 0 unspecified atom stereocenters. The standard InChI is InChI=1S/C15H13N3O3S/c1-10-4-2-5-11(8-10)21-9-13-17-18-15(22-13)16-14(19)12-6-3-7-20-12/h2-8H,9H2,1H3,(H,16,18,19). The summed E-state index contributed by atoms with van der Waals surface area (Å²) in [5.41, 5.74) is 1.13. The predicted octanol–water partition coefficient (Wildman–Crippen LogP) is 3.27. The van der Waals surface area contributed by atoms with Crippen LogP contribution in [0, 0.1) is 6.92 Å². The average molecular weight is 315 g/mol. The van der Waals surface area contributed by atoms with Gasteiger partial charge >= 0.3 is 0 Å². The minimum atomic E-state index is -0.354. The van der Waals surface area contributed by atoms with Gasteiger partial charge in [-0.25, -0.2) is 0 Å². The molecule has 2 aromatic heterocycles. The van der Waals surface area contributed by atoms with Crippen LogP contribution in [-0.2, 0) is 6.61 Å². The smallest absolute Gasteiger partial charge is 0.293 e. The monoisotopic (exact) mass is 315 g/mol. The topological polar surface area (TPSA) is 77.3 Å². The third-order valence-corrected chi connectivity index (χ3v) is 3.60. The zero-order valence-corrected chi connectivity index (χ0v) is 12.6. The van der Waals surface area contributed by atoms with Gasteiger partial charge in [0.2, 0.25) is 5.13 Å². The number of nitrogens with zero attached hydrogens (tertiary/aromatic N) is 2. The second-order valence-electron chi connectivity index (χ2n) is 4.54. The van der Waals surface area contributed by atoms with E-state index in [1.807, 2.05) is 31.2 Å². The van der Waals surface area contributed by atoms with E-state index in [-0.39, 0.29) is 11.7 Å². The van der Waals surface area contributed by atoms with Gasteiger partial charge < -0.3 is 9.15 Å². The summed E-state index contributed by atoms with van der Waals surface area (Å²) in [6.45, 7) is 2.30. The van der Waals surface area contributed by atoms with E-state index in [1.165, 1.54) is 17.6 Å². The quantitative estimate of drug-likeness (QED) is 0.782. The molecular weight excluding hydrogens is 302 g/mol. The molecule has 0 saturated heterocycles. The number of benzene rings is 1. The molecule has 0 aliphatic carbocycles. The molecule has 0 aliphatic rings. The minimum Gasteiger partial charge on any atom is -0.486 e. The number of amides is 1. The molecule has 1 N–H and O–H groups in total. The van der Waals surface area contributed by atoms with E-state index < -0.39 is 0 Å². The third-order valence-electron chi connectivity index (χ3n) is 2.78. The average Bonchev–Trinajstić information content (AvgIpc) is 3.17. The fraction of sp³-hybridized carbons (Fsp3) is 0.133. The largest absolute Gasteiger partial charge is 0.486 e. The first-order chi connectivity index (χ1) is 10.7. The van der Waals surface area contributed by atoms with Gasteiger partial charge in [-0.05, 0) is 36.8 Å². The second kappa shape index (κ2) is 6.40. The number of anilines is 1. The van der Waals surface area contributed by atoms with Crippen molar-refractivity contribution in [3.8, 4) is 5.75 Å². The molecule has 0 spiro atoms. The number of aromatic nitrogens is 2. The van der Waals surface area contributed by atoms with E-state index in [4.69, 9.17) is 9.15 Å². The minimum absolute atomic E-state index is 0.229. The first-order valence-electron chi connectivity index (χ1n) is 6.57. The molecule has 0 aliphatic heterocycles. The van der Waals surface area contributed by atoms with Gasteiger partial charge in [-0.3, -0.25) is 10.1 Å². The molecule has 1 amide bonds. The van der Waals surface area contributed by atoms with Crippen molar-refractivity contribution >= 4 is 22.4 Å². The molecule has 0 radical (unpaired) electrons. The van der Waals surface area contributed by atoms with Crippen LogP contribution < -0.4 is 10.1 Å². The summed E-state index contributed by atoms with van der Waals surface area (Å²) in [4.78, 5) is 11.8. The van der Waals surface area contributed by atoms with E-state index in [0.717, 1.165) is 11.3 Å². The van der Waals surface area contributed by atoms with E-state index in [2.05, 4.69) is 15.5 Å². The highest BCUT2D eigenvalue weighted by Gasteiger charge is 2.12. The van der Waals surface area contributed by atoms with Crippen molar-refractivity contribution in [2.45, 2.75) is 13.5 Å². The molecule has 6 nitrogen and oxygen atoms in total. The number of hydrogen-bond donors (Lipinski definition) is 1. The SMILES string of the molecule is Cc1cccc(OCc2nnc(NC(=O)c3ccco3)s2)c1. The number of ether oxygens (including phenoxy) is 1. The maximum atomic E-state index is 11.8. The van der Waals surface area contributed by atoms with Gasteiger partial charge in [0, 0.05) is 0 Å². The second-order valence-corrected chi connectivity index (χ2v) is 5.60. The van der Waals surface area contributed by atoms with Crippen LogP contribution in [-0.4, -0.2) is 16.1 Å². The fourth-order valence-corrected chi connectivity index (χ4v) is 2.43. The van der Waals surface area contributed by atoms with Crippen molar-refractivity contribution in [1.82, 2.24) is 10.2 Å². The molecule has 7 heteroatoms. The van der Waals surface area contributed by atoms with Gasteiger partial charge in [0.1, 0.15) is 12.4 Å². The lowest BCUT2D eigenvalue weighted by Gasteiger charge is -2.03. The highest BCUT2D eigenvalue weighted by Crippen LogP contribution is 2.19. The molecule has 0 saturated carbocycles. The van der Waals surface area contributed by atoms with E-state index in [0.29, 0.717) is 16.7 Å². The Morgan fingerprint density at radius 1 is 1.32 bits per heavy atom. The van der Waals surface area contributed by atoms with Crippen LogP contribution in [0.1, 0.15) is 21.1 Å². The van der Waals surface area contributed by atoms with Gasteiger partial charge in [0.25, 0.3) is 5.91 Å². The van der Waals surface area contributed by atoms with Crippen LogP contribution in [0.25, 0.3) is 0 Å². The number of nitrogens with one attached hydrogen (secondary N) is 1. The number of carbonyl (C=O) groups excluding carboxylic acids is 1. The van der Waals surface area contributed by atoms with Crippen molar-refractivity contribution in [3.05, 3.63) is 59.0 Å². The van der Waals surface area contributed by atoms with Gasteiger partial charge in [-0.1, -0.05) is 23.5 Å². The van der Waals surface area contributed by atoms with E-state index in [1.54, 1.807) is 12.1 Å². The summed E-state index contributed by atoms with van der Waals surface area (Å²) in [6.07, 6.45) is 1.44. The molecule has 0 atom stereocenters. The highest BCUT2D eigenvalue weighted by molar-refractivity contribution is 7.15. The van der Waals surface area contributed by atoms with Crippen LogP contribution in [0.3, 0.4) is 0 Å². The fourth-order valence-electron chi connectivity index (χ4n) is 1.78. The molecule has 1 aromatic carbocycles. The normalized spacial score (nSPS) is 10.4. The Labute approximate surface area is 130 Å². The molecular formula is C15H13N3O3S. The molecule has 3 rings (SSSR count). The third kappa shape index (κ3) is 3.50. The number of hydrogen-bond acceptors (Lipinski definition) is 6. The number of furan rings is 1. The summed E-state index contributed by atoms with van der Waals surface area (Å²) in [5.74, 6) is 0.649. The van der Waals surface area contributed by atoms with Gasteiger partial charge in [0.05, 0.1) is 6.26 Å². The van der Waals surface area contributed by atoms with Crippen molar-refractivity contribution in [1.29, 1.82) is 0 Å². The Kier molecular flexibility index (Phi) is 4.15. The Balaban J connectivity index is 1.58. The lowest BCUT2D eigenvalue weighted by molar-refractivity contribution is 0.0996. The number of carbonyl (C=O) groups is 1. The first-order valence-corrected chi connectivity index (χ1v) is 7.39. The molecule has 2 heterocycles. The van der Waals surface area contributed by atoms with Crippen molar-refractivity contribution in [2.24, 2.45) is 0 Å². The summed E-state index contributed by atoms with van der Waals surface area (Å²) in [5, 5.41) is 11.6.